The molecule has 0 aromatic rings. The Kier molecular flexibility index (Phi) is 11.2. The Morgan fingerprint density at radius 1 is 1.08 bits per heavy atom. The van der Waals surface area contributed by atoms with E-state index in [0.717, 1.165) is 19.3 Å². The highest BCUT2D eigenvalue weighted by molar-refractivity contribution is 5.69. The average molecular weight is 346 g/mol. The van der Waals surface area contributed by atoms with Crippen molar-refractivity contribution in [1.82, 2.24) is 0 Å². The van der Waals surface area contributed by atoms with Crippen molar-refractivity contribution in [3.8, 4) is 0 Å². The first-order chi connectivity index (χ1) is 11.6. The molecule has 1 saturated heterocycles. The number of carbonyl (C=O) groups is 1. The highest BCUT2D eigenvalue weighted by Crippen LogP contribution is 2.18. The van der Waals surface area contributed by atoms with Crippen molar-refractivity contribution < 1.29 is 29.6 Å². The molecule has 0 bridgehead atoms. The molecule has 6 heteroatoms. The maximum atomic E-state index is 11.6. The zero-order valence-electron chi connectivity index (χ0n) is 14.9. The molecule has 0 spiro atoms. The van der Waals surface area contributed by atoms with E-state index < -0.39 is 24.4 Å². The molecule has 3 N–H and O–H groups in total. The van der Waals surface area contributed by atoms with Gasteiger partial charge in [0.2, 0.25) is 0 Å². The minimum atomic E-state index is -1.14. The van der Waals surface area contributed by atoms with E-state index in [9.17, 15) is 20.1 Å². The monoisotopic (exact) mass is 346 g/mol. The summed E-state index contributed by atoms with van der Waals surface area (Å²) in [6.45, 7) is 1.98. The van der Waals surface area contributed by atoms with Crippen LogP contribution in [0, 0.1) is 0 Å². The lowest BCUT2D eigenvalue weighted by molar-refractivity contribution is -0.151. The van der Waals surface area contributed by atoms with E-state index in [1.54, 1.807) is 0 Å². The van der Waals surface area contributed by atoms with Crippen molar-refractivity contribution in [2.75, 3.05) is 13.2 Å². The normalized spacial score (nSPS) is 24.9. The number of unbranched alkanes of at least 4 members (excludes halogenated alkanes) is 8. The van der Waals surface area contributed by atoms with Crippen molar-refractivity contribution in [3.05, 3.63) is 0 Å². The quantitative estimate of drug-likeness (QED) is 0.348. The van der Waals surface area contributed by atoms with E-state index in [0.29, 0.717) is 6.42 Å². The fourth-order valence-corrected chi connectivity index (χ4v) is 2.89. The Bertz CT molecular complexity index is 335. The molecule has 1 aliphatic heterocycles. The van der Waals surface area contributed by atoms with Crippen LogP contribution in [0.15, 0.2) is 0 Å². The first kappa shape index (κ1) is 21.4. The van der Waals surface area contributed by atoms with Crippen molar-refractivity contribution in [3.63, 3.8) is 0 Å². The molecule has 1 unspecified atom stereocenters. The summed E-state index contributed by atoms with van der Waals surface area (Å²) in [7, 11) is 0. The van der Waals surface area contributed by atoms with Crippen molar-refractivity contribution in [2.45, 2.75) is 95.5 Å². The van der Waals surface area contributed by atoms with E-state index in [1.165, 1.54) is 38.5 Å². The molecule has 1 aliphatic rings. The smallest absolute Gasteiger partial charge is 0.305 e. The van der Waals surface area contributed by atoms with Gasteiger partial charge in [0.15, 0.2) is 0 Å². The molecule has 1 fully saturated rings. The summed E-state index contributed by atoms with van der Waals surface area (Å²) in [5.41, 5.74) is 0. The van der Waals surface area contributed by atoms with Gasteiger partial charge in [0.25, 0.3) is 0 Å². The maximum absolute atomic E-state index is 11.6. The van der Waals surface area contributed by atoms with E-state index in [4.69, 9.17) is 9.47 Å². The van der Waals surface area contributed by atoms with Gasteiger partial charge in [-0.1, -0.05) is 58.3 Å². The minimum absolute atomic E-state index is 0.0186. The molecule has 6 nitrogen and oxygen atoms in total. The predicted octanol–water partition coefficient (Wildman–Crippen LogP) is 1.93. The number of rotatable bonds is 13. The molecule has 0 amide bonds. The summed E-state index contributed by atoms with van der Waals surface area (Å²) >= 11 is 0. The van der Waals surface area contributed by atoms with Gasteiger partial charge in [-0.25, -0.2) is 0 Å². The summed E-state index contributed by atoms with van der Waals surface area (Å²) in [6.07, 6.45) is 6.84. The van der Waals surface area contributed by atoms with Crippen LogP contribution in [-0.4, -0.2) is 58.9 Å². The Morgan fingerprint density at radius 2 is 1.67 bits per heavy atom. The number of hydrogen-bond donors (Lipinski definition) is 3. The summed E-state index contributed by atoms with van der Waals surface area (Å²) < 4.78 is 10.1. The molecule has 0 aromatic carbocycles. The first-order valence-corrected chi connectivity index (χ1v) is 9.37. The number of esters is 1. The number of ether oxygens (including phenoxy) is 2. The van der Waals surface area contributed by atoms with Crippen molar-refractivity contribution in [2.24, 2.45) is 0 Å². The summed E-state index contributed by atoms with van der Waals surface area (Å²) in [5, 5.41) is 28.8. The van der Waals surface area contributed by atoms with E-state index in [-0.39, 0.29) is 19.2 Å². The van der Waals surface area contributed by atoms with Crippen molar-refractivity contribution in [1.29, 1.82) is 0 Å². The Labute approximate surface area is 145 Å². The molecule has 0 radical (unpaired) electrons. The van der Waals surface area contributed by atoms with Crippen molar-refractivity contribution >= 4 is 5.97 Å². The van der Waals surface area contributed by atoms with Crippen LogP contribution >= 0.6 is 0 Å². The molecule has 1 heterocycles. The lowest BCUT2D eigenvalue weighted by Gasteiger charge is -2.20. The first-order valence-electron chi connectivity index (χ1n) is 9.37. The fraction of sp³-hybridized carbons (Fsp3) is 0.944. The predicted molar refractivity (Wildman–Crippen MR) is 90.6 cm³/mol. The zero-order valence-corrected chi connectivity index (χ0v) is 14.9. The fourth-order valence-electron chi connectivity index (χ4n) is 2.89. The molecule has 142 valence electrons. The summed E-state index contributed by atoms with van der Waals surface area (Å²) in [5.74, 6) is -0.343. The standard InChI is InChI=1S/C18H34O6/c1-2-3-4-5-6-7-8-9-10-11-16(21)23-13-15(20)18-17(22)14(19)12-24-18/h14-15,17-20,22H,2-13H2,1H3/t14-,15?,17+,18+/m0/s1. The molecule has 4 atom stereocenters. The van der Waals surface area contributed by atoms with Crippen LogP contribution in [0.5, 0.6) is 0 Å². The van der Waals surface area contributed by atoms with Crippen LogP contribution < -0.4 is 0 Å². The van der Waals surface area contributed by atoms with Gasteiger partial charge in [-0.05, 0) is 6.42 Å². The van der Waals surface area contributed by atoms with E-state index >= 15 is 0 Å². The second-order valence-electron chi connectivity index (χ2n) is 6.68. The molecule has 0 aliphatic carbocycles. The largest absolute Gasteiger partial charge is 0.463 e. The third-order valence-corrected chi connectivity index (χ3v) is 4.47. The van der Waals surface area contributed by atoms with Crippen LogP contribution in [0.2, 0.25) is 0 Å². The SMILES string of the molecule is CCCCCCCCCCCC(=O)OCC(O)[C@H]1OC[C@H](O)[C@H]1O. The summed E-state index contributed by atoms with van der Waals surface area (Å²) in [4.78, 5) is 11.6. The van der Waals surface area contributed by atoms with Gasteiger partial charge in [-0.2, -0.15) is 0 Å². The van der Waals surface area contributed by atoms with Gasteiger partial charge in [0.05, 0.1) is 6.61 Å². The topological polar surface area (TPSA) is 96.2 Å². The molecule has 0 saturated carbocycles. The number of aliphatic hydroxyl groups excluding tert-OH is 3. The van der Waals surface area contributed by atoms with Crippen LogP contribution in [0.4, 0.5) is 0 Å². The van der Waals surface area contributed by atoms with Crippen LogP contribution in [0.3, 0.4) is 0 Å². The lowest BCUT2D eigenvalue weighted by Crippen LogP contribution is -2.41. The van der Waals surface area contributed by atoms with E-state index in [2.05, 4.69) is 6.92 Å². The molecular weight excluding hydrogens is 312 g/mol. The number of hydrogen-bond acceptors (Lipinski definition) is 6. The lowest BCUT2D eigenvalue weighted by atomic mass is 10.1. The molecule has 1 rings (SSSR count). The van der Waals surface area contributed by atoms with Gasteiger partial charge in [0, 0.05) is 6.42 Å². The Hall–Kier alpha value is -0.690. The van der Waals surface area contributed by atoms with Crippen LogP contribution in [0.25, 0.3) is 0 Å². The maximum Gasteiger partial charge on any atom is 0.305 e. The van der Waals surface area contributed by atoms with Gasteiger partial charge < -0.3 is 24.8 Å². The van der Waals surface area contributed by atoms with E-state index in [1.807, 2.05) is 0 Å². The Balaban J connectivity index is 1.96. The highest BCUT2D eigenvalue weighted by Gasteiger charge is 2.39. The minimum Gasteiger partial charge on any atom is -0.463 e. The highest BCUT2D eigenvalue weighted by atomic mass is 16.6. The number of aliphatic hydroxyl groups is 3. The van der Waals surface area contributed by atoms with Gasteiger partial charge in [0.1, 0.15) is 31.0 Å². The third-order valence-electron chi connectivity index (χ3n) is 4.47. The zero-order chi connectivity index (χ0) is 17.8. The molecule has 0 aromatic heterocycles. The second kappa shape index (κ2) is 12.6. The Morgan fingerprint density at radius 3 is 2.21 bits per heavy atom. The molecular formula is C18H34O6. The van der Waals surface area contributed by atoms with Crippen LogP contribution in [-0.2, 0) is 14.3 Å². The molecule has 24 heavy (non-hydrogen) atoms. The van der Waals surface area contributed by atoms with Gasteiger partial charge in [-0.15, -0.1) is 0 Å². The number of carbonyl (C=O) groups excluding carboxylic acids is 1. The van der Waals surface area contributed by atoms with Gasteiger partial charge in [-0.3, -0.25) is 4.79 Å². The van der Waals surface area contributed by atoms with Gasteiger partial charge >= 0.3 is 5.97 Å². The third kappa shape index (κ3) is 8.42. The summed E-state index contributed by atoms with van der Waals surface area (Å²) in [6, 6.07) is 0. The second-order valence-corrected chi connectivity index (χ2v) is 6.68. The van der Waals surface area contributed by atoms with Crippen LogP contribution in [0.1, 0.15) is 71.1 Å². The average Bonchev–Trinajstić information content (AvgIpc) is 2.90.